The third-order valence-corrected chi connectivity index (χ3v) is 6.35. The van der Waals surface area contributed by atoms with Gasteiger partial charge in [0.1, 0.15) is 17.6 Å². The number of halogens is 1. The SMILES string of the molecule is C=CC(=O)N1C/C=C\[C@H](c2ccc(OC)cc2)N(Cc2ccc(F)cc2)C(=O)[C@@H]1Cc1ccccc1. The molecule has 2 amide bonds. The summed E-state index contributed by atoms with van der Waals surface area (Å²) in [6, 6.07) is 22.2. The molecule has 1 aliphatic rings. The second kappa shape index (κ2) is 11.5. The number of amides is 2. The van der Waals surface area contributed by atoms with Crippen LogP contribution in [-0.4, -0.2) is 41.3 Å². The van der Waals surface area contributed by atoms with E-state index in [-0.39, 0.29) is 36.8 Å². The van der Waals surface area contributed by atoms with Gasteiger partial charge in [-0.25, -0.2) is 4.39 Å². The van der Waals surface area contributed by atoms with Crippen molar-refractivity contribution in [3.05, 3.63) is 126 Å². The number of rotatable bonds is 7. The van der Waals surface area contributed by atoms with Crippen molar-refractivity contribution in [2.45, 2.75) is 25.0 Å². The molecule has 0 bridgehead atoms. The number of hydrogen-bond acceptors (Lipinski definition) is 3. The predicted octanol–water partition coefficient (Wildman–Crippen LogP) is 5.10. The van der Waals surface area contributed by atoms with Gasteiger partial charge < -0.3 is 14.5 Å². The average Bonchev–Trinajstić information content (AvgIpc) is 2.91. The Hall–Kier alpha value is -4.19. The van der Waals surface area contributed by atoms with Crippen LogP contribution in [0.25, 0.3) is 0 Å². The summed E-state index contributed by atoms with van der Waals surface area (Å²) in [7, 11) is 1.61. The molecule has 36 heavy (non-hydrogen) atoms. The van der Waals surface area contributed by atoms with E-state index in [4.69, 9.17) is 4.74 Å². The topological polar surface area (TPSA) is 49.9 Å². The first-order valence-electron chi connectivity index (χ1n) is 11.8. The fraction of sp³-hybridized carbons (Fsp3) is 0.200. The molecule has 3 aromatic rings. The third kappa shape index (κ3) is 5.71. The van der Waals surface area contributed by atoms with Gasteiger partial charge in [-0.1, -0.05) is 73.3 Å². The van der Waals surface area contributed by atoms with Gasteiger partial charge in [-0.2, -0.15) is 0 Å². The van der Waals surface area contributed by atoms with Crippen LogP contribution in [0.3, 0.4) is 0 Å². The molecular formula is C30H29FN2O3. The van der Waals surface area contributed by atoms with Crippen LogP contribution in [-0.2, 0) is 22.6 Å². The summed E-state index contributed by atoms with van der Waals surface area (Å²) in [6.45, 7) is 4.18. The Morgan fingerprint density at radius 2 is 1.72 bits per heavy atom. The number of benzene rings is 3. The zero-order valence-electron chi connectivity index (χ0n) is 20.2. The van der Waals surface area contributed by atoms with Gasteiger partial charge in [0.05, 0.1) is 13.2 Å². The summed E-state index contributed by atoms with van der Waals surface area (Å²) in [6.07, 6.45) is 5.46. The van der Waals surface area contributed by atoms with Crippen LogP contribution in [0.4, 0.5) is 4.39 Å². The van der Waals surface area contributed by atoms with E-state index in [0.29, 0.717) is 6.42 Å². The highest BCUT2D eigenvalue weighted by atomic mass is 19.1. The highest BCUT2D eigenvalue weighted by Crippen LogP contribution is 2.30. The van der Waals surface area contributed by atoms with Crippen LogP contribution < -0.4 is 4.74 Å². The summed E-state index contributed by atoms with van der Waals surface area (Å²) in [5.41, 5.74) is 2.65. The van der Waals surface area contributed by atoms with Gasteiger partial charge in [0.25, 0.3) is 0 Å². The number of carbonyl (C=O) groups is 2. The molecule has 5 nitrogen and oxygen atoms in total. The van der Waals surface area contributed by atoms with E-state index in [0.717, 1.165) is 22.4 Å². The first-order valence-corrected chi connectivity index (χ1v) is 11.8. The quantitative estimate of drug-likeness (QED) is 0.346. The van der Waals surface area contributed by atoms with Gasteiger partial charge in [0.2, 0.25) is 11.8 Å². The van der Waals surface area contributed by atoms with Crippen LogP contribution in [0.15, 0.2) is 104 Å². The van der Waals surface area contributed by atoms with Gasteiger partial charge in [-0.05, 0) is 47.0 Å². The highest BCUT2D eigenvalue weighted by Gasteiger charge is 2.36. The molecule has 0 saturated heterocycles. The molecule has 0 saturated carbocycles. The van der Waals surface area contributed by atoms with Crippen LogP contribution in [0, 0.1) is 5.82 Å². The van der Waals surface area contributed by atoms with Crippen molar-refractivity contribution in [2.24, 2.45) is 0 Å². The van der Waals surface area contributed by atoms with Crippen LogP contribution in [0.2, 0.25) is 0 Å². The lowest BCUT2D eigenvalue weighted by Gasteiger charge is -2.39. The maximum Gasteiger partial charge on any atom is 0.246 e. The molecule has 4 rings (SSSR count). The summed E-state index contributed by atoms with van der Waals surface area (Å²) in [5.74, 6) is -0.120. The van der Waals surface area contributed by atoms with Gasteiger partial charge in [0.15, 0.2) is 0 Å². The summed E-state index contributed by atoms with van der Waals surface area (Å²) >= 11 is 0. The molecule has 1 aliphatic heterocycles. The second-order valence-electron chi connectivity index (χ2n) is 8.64. The largest absolute Gasteiger partial charge is 0.497 e. The smallest absolute Gasteiger partial charge is 0.246 e. The second-order valence-corrected chi connectivity index (χ2v) is 8.64. The normalized spacial score (nSPS) is 18.8. The number of methoxy groups -OCH3 is 1. The molecule has 0 radical (unpaired) electrons. The van der Waals surface area contributed by atoms with Gasteiger partial charge >= 0.3 is 0 Å². The van der Waals surface area contributed by atoms with E-state index in [1.54, 1.807) is 29.0 Å². The molecule has 0 fully saturated rings. The monoisotopic (exact) mass is 484 g/mol. The number of carbonyl (C=O) groups excluding carboxylic acids is 2. The van der Waals surface area contributed by atoms with Crippen molar-refractivity contribution in [3.63, 3.8) is 0 Å². The Balaban J connectivity index is 1.79. The Bertz CT molecular complexity index is 1220. The van der Waals surface area contributed by atoms with Gasteiger partial charge in [-0.3, -0.25) is 9.59 Å². The fourth-order valence-electron chi connectivity index (χ4n) is 4.45. The fourth-order valence-corrected chi connectivity index (χ4v) is 4.45. The number of ether oxygens (including phenoxy) is 1. The lowest BCUT2D eigenvalue weighted by Crippen LogP contribution is -2.53. The van der Waals surface area contributed by atoms with Crippen molar-refractivity contribution in [2.75, 3.05) is 13.7 Å². The molecule has 3 aromatic carbocycles. The first-order chi connectivity index (χ1) is 17.5. The molecule has 1 heterocycles. The molecule has 0 aromatic heterocycles. The molecule has 0 N–H and O–H groups in total. The van der Waals surface area contributed by atoms with Crippen LogP contribution in [0.1, 0.15) is 22.7 Å². The van der Waals surface area contributed by atoms with E-state index in [2.05, 4.69) is 6.58 Å². The minimum absolute atomic E-state index is 0.191. The molecule has 0 spiro atoms. The van der Waals surface area contributed by atoms with Crippen molar-refractivity contribution < 1.29 is 18.7 Å². The average molecular weight is 485 g/mol. The lowest BCUT2D eigenvalue weighted by atomic mass is 9.97. The Morgan fingerprint density at radius 3 is 2.36 bits per heavy atom. The Labute approximate surface area is 211 Å². The van der Waals surface area contributed by atoms with E-state index >= 15 is 0 Å². The number of hydrogen-bond donors (Lipinski definition) is 0. The summed E-state index contributed by atoms with van der Waals surface area (Å²) < 4.78 is 18.9. The Kier molecular flexibility index (Phi) is 7.95. The van der Waals surface area contributed by atoms with Gasteiger partial charge in [0, 0.05) is 19.5 Å². The first kappa shape index (κ1) is 24.9. The molecule has 0 unspecified atom stereocenters. The predicted molar refractivity (Wildman–Crippen MR) is 138 cm³/mol. The van der Waals surface area contributed by atoms with Crippen LogP contribution in [0.5, 0.6) is 5.75 Å². The van der Waals surface area contributed by atoms with Crippen molar-refractivity contribution in [1.82, 2.24) is 9.80 Å². The summed E-state index contributed by atoms with van der Waals surface area (Å²) in [5, 5.41) is 0. The molecule has 2 atom stereocenters. The zero-order chi connectivity index (χ0) is 25.5. The molecule has 184 valence electrons. The van der Waals surface area contributed by atoms with Crippen molar-refractivity contribution in [3.8, 4) is 5.75 Å². The third-order valence-electron chi connectivity index (χ3n) is 6.35. The Morgan fingerprint density at radius 1 is 1.03 bits per heavy atom. The zero-order valence-corrected chi connectivity index (χ0v) is 20.2. The summed E-state index contributed by atoms with van der Waals surface area (Å²) in [4.78, 5) is 30.4. The lowest BCUT2D eigenvalue weighted by molar-refractivity contribution is -0.145. The maximum absolute atomic E-state index is 14.3. The molecular weight excluding hydrogens is 455 g/mol. The van der Waals surface area contributed by atoms with Gasteiger partial charge in [-0.15, -0.1) is 0 Å². The number of nitrogens with zero attached hydrogens (tertiary/aromatic N) is 2. The molecule has 0 aliphatic carbocycles. The van der Waals surface area contributed by atoms with E-state index in [1.807, 2.05) is 66.7 Å². The maximum atomic E-state index is 14.3. The minimum atomic E-state index is -0.732. The van der Waals surface area contributed by atoms with Crippen LogP contribution >= 0.6 is 0 Å². The highest BCUT2D eigenvalue weighted by molar-refractivity contribution is 5.93. The van der Waals surface area contributed by atoms with Crippen molar-refractivity contribution in [1.29, 1.82) is 0 Å². The van der Waals surface area contributed by atoms with E-state index < -0.39 is 6.04 Å². The van der Waals surface area contributed by atoms with Crippen molar-refractivity contribution >= 4 is 11.8 Å². The molecule has 6 heteroatoms. The van der Waals surface area contributed by atoms with E-state index in [9.17, 15) is 14.0 Å². The standard InChI is InChI=1S/C30H29FN2O3/c1-3-29(34)32-19-7-10-27(24-13-17-26(36-2)18-14-24)33(21-23-11-15-25(31)16-12-23)30(35)28(32)20-22-8-5-4-6-9-22/h3-18,27-28H,1,19-21H2,2H3/b10-7-/t27-,28+/m1/s1. The van der Waals surface area contributed by atoms with E-state index in [1.165, 1.54) is 18.2 Å². The minimum Gasteiger partial charge on any atom is -0.497 e.